The summed E-state index contributed by atoms with van der Waals surface area (Å²) in [6.45, 7) is 8.98. The summed E-state index contributed by atoms with van der Waals surface area (Å²) in [5.41, 5.74) is 0.833. The predicted molar refractivity (Wildman–Crippen MR) is 82.7 cm³/mol. The average Bonchev–Trinajstić information content (AvgIpc) is 2.45. The highest BCUT2D eigenvalue weighted by molar-refractivity contribution is 5.45. The maximum Gasteiger partial charge on any atom is 0.123 e. The van der Waals surface area contributed by atoms with E-state index in [1.807, 2.05) is 26.0 Å². The van der Waals surface area contributed by atoms with Gasteiger partial charge in [-0.05, 0) is 57.5 Å². The number of aliphatic hydroxyl groups excluding tert-OH is 1. The van der Waals surface area contributed by atoms with Crippen molar-refractivity contribution in [3.63, 3.8) is 0 Å². The molecule has 4 heteroatoms. The first-order valence-electron chi connectivity index (χ1n) is 7.41. The zero-order valence-corrected chi connectivity index (χ0v) is 12.8. The number of anilines is 1. The molecule has 0 aromatic heterocycles. The normalized spacial score (nSPS) is 14.1. The van der Waals surface area contributed by atoms with Gasteiger partial charge in [0.05, 0.1) is 6.61 Å². The minimum Gasteiger partial charge on any atom is -0.394 e. The van der Waals surface area contributed by atoms with Gasteiger partial charge < -0.3 is 15.3 Å². The van der Waals surface area contributed by atoms with Crippen LogP contribution < -0.4 is 10.2 Å². The SMILES string of the molecule is CCNC(C)(CO)CCCN(CC)c1ccc(F)cc1. The van der Waals surface area contributed by atoms with Gasteiger partial charge >= 0.3 is 0 Å². The van der Waals surface area contributed by atoms with Gasteiger partial charge in [-0.2, -0.15) is 0 Å². The Morgan fingerprint density at radius 3 is 2.40 bits per heavy atom. The number of aliphatic hydroxyl groups is 1. The predicted octanol–water partition coefficient (Wildman–Crippen LogP) is 2.79. The molecular formula is C16H27FN2O. The van der Waals surface area contributed by atoms with Gasteiger partial charge in [-0.3, -0.25) is 0 Å². The van der Waals surface area contributed by atoms with E-state index in [4.69, 9.17) is 0 Å². The molecule has 0 bridgehead atoms. The number of rotatable bonds is 9. The molecule has 1 aromatic rings. The molecule has 2 N–H and O–H groups in total. The van der Waals surface area contributed by atoms with Crippen LogP contribution in [0.5, 0.6) is 0 Å². The van der Waals surface area contributed by atoms with Crippen LogP contribution in [0.4, 0.5) is 10.1 Å². The molecule has 0 aliphatic heterocycles. The standard InChI is InChI=1S/C16H27FN2O/c1-4-18-16(3,13-20)11-6-12-19(5-2)15-9-7-14(17)8-10-15/h7-10,18,20H,4-6,11-13H2,1-3H3. The number of benzene rings is 1. The van der Waals surface area contributed by atoms with Crippen molar-refractivity contribution < 1.29 is 9.50 Å². The molecule has 1 rings (SSSR count). The lowest BCUT2D eigenvalue weighted by atomic mass is 9.96. The number of halogens is 1. The van der Waals surface area contributed by atoms with Crippen molar-refractivity contribution >= 4 is 5.69 Å². The maximum atomic E-state index is 12.9. The summed E-state index contributed by atoms with van der Waals surface area (Å²) >= 11 is 0. The Bertz CT molecular complexity index is 383. The summed E-state index contributed by atoms with van der Waals surface area (Å²) in [7, 11) is 0. The van der Waals surface area contributed by atoms with E-state index in [1.54, 1.807) is 0 Å². The molecular weight excluding hydrogens is 255 g/mol. The van der Waals surface area contributed by atoms with Crippen molar-refractivity contribution in [3.05, 3.63) is 30.1 Å². The van der Waals surface area contributed by atoms with Gasteiger partial charge in [0.1, 0.15) is 5.82 Å². The van der Waals surface area contributed by atoms with Gasteiger partial charge in [0.2, 0.25) is 0 Å². The Labute approximate surface area is 121 Å². The minimum atomic E-state index is -0.211. The summed E-state index contributed by atoms with van der Waals surface area (Å²) in [5, 5.41) is 12.8. The van der Waals surface area contributed by atoms with Crippen LogP contribution in [-0.4, -0.2) is 36.9 Å². The topological polar surface area (TPSA) is 35.5 Å². The number of nitrogens with zero attached hydrogens (tertiary/aromatic N) is 1. The van der Waals surface area contributed by atoms with E-state index < -0.39 is 0 Å². The van der Waals surface area contributed by atoms with Crippen molar-refractivity contribution in [2.45, 2.75) is 39.2 Å². The molecule has 0 amide bonds. The third kappa shape index (κ3) is 5.10. The molecule has 0 aliphatic carbocycles. The van der Waals surface area contributed by atoms with Crippen LogP contribution in [0.15, 0.2) is 24.3 Å². The van der Waals surface area contributed by atoms with Gasteiger partial charge in [0.15, 0.2) is 0 Å². The summed E-state index contributed by atoms with van der Waals surface area (Å²) in [4.78, 5) is 2.23. The number of hydrogen-bond donors (Lipinski definition) is 2. The van der Waals surface area contributed by atoms with E-state index in [1.165, 1.54) is 12.1 Å². The Kier molecular flexibility index (Phi) is 6.96. The average molecular weight is 282 g/mol. The molecule has 20 heavy (non-hydrogen) atoms. The van der Waals surface area contributed by atoms with Gasteiger partial charge in [-0.1, -0.05) is 6.92 Å². The first-order valence-corrected chi connectivity index (χ1v) is 7.41. The molecule has 1 aromatic carbocycles. The lowest BCUT2D eigenvalue weighted by Gasteiger charge is -2.30. The van der Waals surface area contributed by atoms with Crippen molar-refractivity contribution in [2.75, 3.05) is 31.1 Å². The van der Waals surface area contributed by atoms with Crippen LogP contribution in [0.2, 0.25) is 0 Å². The molecule has 114 valence electrons. The van der Waals surface area contributed by atoms with Gasteiger partial charge in [-0.15, -0.1) is 0 Å². The zero-order valence-electron chi connectivity index (χ0n) is 12.8. The van der Waals surface area contributed by atoms with Crippen LogP contribution in [0.1, 0.15) is 33.6 Å². The molecule has 0 heterocycles. The fourth-order valence-corrected chi connectivity index (χ4v) is 2.43. The van der Waals surface area contributed by atoms with E-state index >= 15 is 0 Å². The van der Waals surface area contributed by atoms with Crippen molar-refractivity contribution in [2.24, 2.45) is 0 Å². The van der Waals surface area contributed by atoms with Crippen LogP contribution in [0, 0.1) is 5.82 Å². The summed E-state index contributed by atoms with van der Waals surface area (Å²) in [6.07, 6.45) is 1.89. The highest BCUT2D eigenvalue weighted by atomic mass is 19.1. The fraction of sp³-hybridized carbons (Fsp3) is 0.625. The second-order valence-corrected chi connectivity index (χ2v) is 5.41. The Hall–Kier alpha value is -1.13. The van der Waals surface area contributed by atoms with E-state index in [9.17, 15) is 9.50 Å². The Morgan fingerprint density at radius 1 is 1.25 bits per heavy atom. The van der Waals surface area contributed by atoms with Crippen LogP contribution in [-0.2, 0) is 0 Å². The fourth-order valence-electron chi connectivity index (χ4n) is 2.43. The minimum absolute atomic E-state index is 0.142. The van der Waals surface area contributed by atoms with E-state index in [2.05, 4.69) is 17.1 Å². The van der Waals surface area contributed by atoms with Gasteiger partial charge in [0, 0.05) is 24.3 Å². The number of nitrogens with one attached hydrogen (secondary N) is 1. The van der Waals surface area contributed by atoms with E-state index in [0.29, 0.717) is 0 Å². The van der Waals surface area contributed by atoms with Crippen molar-refractivity contribution in [1.29, 1.82) is 0 Å². The number of hydrogen-bond acceptors (Lipinski definition) is 3. The largest absolute Gasteiger partial charge is 0.394 e. The second-order valence-electron chi connectivity index (χ2n) is 5.41. The van der Waals surface area contributed by atoms with Crippen LogP contribution in [0.3, 0.4) is 0 Å². The summed E-state index contributed by atoms with van der Waals surface area (Å²) in [6, 6.07) is 6.62. The highest BCUT2D eigenvalue weighted by Gasteiger charge is 2.21. The lowest BCUT2D eigenvalue weighted by molar-refractivity contribution is 0.166. The van der Waals surface area contributed by atoms with Crippen molar-refractivity contribution in [1.82, 2.24) is 5.32 Å². The lowest BCUT2D eigenvalue weighted by Crippen LogP contribution is -2.46. The molecule has 1 atom stereocenters. The smallest absolute Gasteiger partial charge is 0.123 e. The molecule has 0 spiro atoms. The van der Waals surface area contributed by atoms with E-state index in [0.717, 1.165) is 38.2 Å². The molecule has 3 nitrogen and oxygen atoms in total. The third-order valence-electron chi connectivity index (χ3n) is 3.68. The first-order chi connectivity index (χ1) is 9.54. The second kappa shape index (κ2) is 8.22. The van der Waals surface area contributed by atoms with Gasteiger partial charge in [0.25, 0.3) is 0 Å². The van der Waals surface area contributed by atoms with E-state index in [-0.39, 0.29) is 18.0 Å². The molecule has 0 saturated carbocycles. The van der Waals surface area contributed by atoms with Crippen LogP contribution >= 0.6 is 0 Å². The zero-order chi connectivity index (χ0) is 15.0. The summed E-state index contributed by atoms with van der Waals surface area (Å²) < 4.78 is 12.9. The monoisotopic (exact) mass is 282 g/mol. The quantitative estimate of drug-likeness (QED) is 0.731. The summed E-state index contributed by atoms with van der Waals surface area (Å²) in [5.74, 6) is -0.204. The Morgan fingerprint density at radius 2 is 1.90 bits per heavy atom. The molecule has 0 fully saturated rings. The molecule has 1 unspecified atom stereocenters. The third-order valence-corrected chi connectivity index (χ3v) is 3.68. The first kappa shape index (κ1) is 16.9. The molecule has 0 radical (unpaired) electrons. The molecule has 0 saturated heterocycles. The number of likely N-dealkylation sites (N-methyl/N-ethyl adjacent to an activating group) is 1. The molecule has 0 aliphatic rings. The van der Waals surface area contributed by atoms with Crippen molar-refractivity contribution in [3.8, 4) is 0 Å². The Balaban J connectivity index is 2.51. The van der Waals surface area contributed by atoms with Crippen LogP contribution in [0.25, 0.3) is 0 Å². The van der Waals surface area contributed by atoms with Gasteiger partial charge in [-0.25, -0.2) is 4.39 Å². The maximum absolute atomic E-state index is 12.9. The highest BCUT2D eigenvalue weighted by Crippen LogP contribution is 2.17.